The number of hydrogen-bond acceptors (Lipinski definition) is 3. The fraction of sp³-hybridized carbons (Fsp3) is 0.286. The third kappa shape index (κ3) is 2.56. The summed E-state index contributed by atoms with van der Waals surface area (Å²) in [6.07, 6.45) is 0. The number of rotatable bonds is 3. The molecule has 5 heteroatoms. The number of aromatic nitrogens is 2. The zero-order valence-electron chi connectivity index (χ0n) is 10.9. The minimum atomic E-state index is 0.157. The molecule has 2 rings (SSSR count). The van der Waals surface area contributed by atoms with E-state index in [9.17, 15) is 5.26 Å². The summed E-state index contributed by atoms with van der Waals surface area (Å²) in [6.45, 7) is 4.44. The topological polar surface area (TPSA) is 67.6 Å². The lowest BCUT2D eigenvalue weighted by Gasteiger charge is -2.06. The van der Waals surface area contributed by atoms with Crippen LogP contribution < -0.4 is 5.73 Å². The van der Waals surface area contributed by atoms with Crippen molar-refractivity contribution in [2.45, 2.75) is 26.3 Å². The first-order valence-electron chi connectivity index (χ1n) is 6.04. The zero-order chi connectivity index (χ0) is 14.0. The van der Waals surface area contributed by atoms with Crippen LogP contribution >= 0.6 is 11.6 Å². The van der Waals surface area contributed by atoms with Crippen LogP contribution in [0.1, 0.15) is 36.6 Å². The first kappa shape index (κ1) is 13.4. The molecule has 4 nitrogen and oxygen atoms in total. The van der Waals surface area contributed by atoms with Crippen molar-refractivity contribution in [2.24, 2.45) is 0 Å². The molecule has 0 saturated heterocycles. The maximum atomic E-state index is 9.17. The Kier molecular flexibility index (Phi) is 3.77. The number of nitrogens with two attached hydrogens (primary N) is 1. The lowest BCUT2D eigenvalue weighted by atomic mass is 10.1. The number of nitriles is 1. The maximum Gasteiger partial charge on any atom is 0.140 e. The second-order valence-corrected chi connectivity index (χ2v) is 5.07. The van der Waals surface area contributed by atoms with Crippen molar-refractivity contribution in [3.8, 4) is 6.07 Å². The van der Waals surface area contributed by atoms with Crippen LogP contribution in [-0.4, -0.2) is 9.78 Å². The smallest absolute Gasteiger partial charge is 0.140 e. The van der Waals surface area contributed by atoms with Crippen molar-refractivity contribution in [3.05, 3.63) is 46.1 Å². The highest BCUT2D eigenvalue weighted by molar-refractivity contribution is 6.31. The van der Waals surface area contributed by atoms with Crippen molar-refractivity contribution in [2.75, 3.05) is 5.73 Å². The summed E-state index contributed by atoms with van der Waals surface area (Å²) in [4.78, 5) is 0. The molecule has 0 aliphatic carbocycles. The van der Waals surface area contributed by atoms with Crippen molar-refractivity contribution < 1.29 is 0 Å². The Bertz CT molecular complexity index is 637. The van der Waals surface area contributed by atoms with E-state index >= 15 is 0 Å². The van der Waals surface area contributed by atoms with Gasteiger partial charge in [0.05, 0.1) is 12.2 Å². The highest BCUT2D eigenvalue weighted by atomic mass is 35.5. The van der Waals surface area contributed by atoms with E-state index in [-0.39, 0.29) is 5.92 Å². The molecule has 0 spiro atoms. The van der Waals surface area contributed by atoms with Crippen molar-refractivity contribution in [3.63, 3.8) is 0 Å². The van der Waals surface area contributed by atoms with E-state index in [0.29, 0.717) is 22.9 Å². The SMILES string of the molecule is CC(C)c1nn(Cc2ccccc2Cl)c(N)c1C#N. The average molecular weight is 275 g/mol. The molecule has 0 atom stereocenters. The van der Waals surface area contributed by atoms with Crippen LogP contribution in [0.5, 0.6) is 0 Å². The fourth-order valence-corrected chi connectivity index (χ4v) is 2.12. The van der Waals surface area contributed by atoms with Crippen LogP contribution in [-0.2, 0) is 6.54 Å². The van der Waals surface area contributed by atoms with Crippen LogP contribution in [0.3, 0.4) is 0 Å². The summed E-state index contributed by atoms with van der Waals surface area (Å²) < 4.78 is 1.63. The largest absolute Gasteiger partial charge is 0.383 e. The summed E-state index contributed by atoms with van der Waals surface area (Å²) in [5.41, 5.74) is 8.10. The van der Waals surface area contributed by atoms with Crippen LogP contribution in [0.2, 0.25) is 5.02 Å². The molecule has 0 aliphatic rings. The molecule has 1 heterocycles. The number of nitrogens with zero attached hydrogens (tertiary/aromatic N) is 3. The van der Waals surface area contributed by atoms with Crippen LogP contribution in [0.15, 0.2) is 24.3 Å². The minimum absolute atomic E-state index is 0.157. The standard InChI is InChI=1S/C14H15ClN4/c1-9(2)13-11(7-16)14(17)19(18-13)8-10-5-3-4-6-12(10)15/h3-6,9H,8,17H2,1-2H3. The van der Waals surface area contributed by atoms with Gasteiger partial charge in [0.1, 0.15) is 17.5 Å². The Labute approximate surface area is 117 Å². The van der Waals surface area contributed by atoms with Crippen molar-refractivity contribution in [1.29, 1.82) is 5.26 Å². The van der Waals surface area contributed by atoms with Gasteiger partial charge in [-0.1, -0.05) is 43.6 Å². The fourth-order valence-electron chi connectivity index (χ4n) is 1.92. The molecule has 1 aromatic heterocycles. The molecule has 0 fully saturated rings. The molecular weight excluding hydrogens is 260 g/mol. The van der Waals surface area contributed by atoms with E-state index in [1.165, 1.54) is 0 Å². The molecule has 0 bridgehead atoms. The molecular formula is C14H15ClN4. The molecule has 2 aromatic rings. The third-order valence-corrected chi connectivity index (χ3v) is 3.32. The van der Waals surface area contributed by atoms with E-state index in [4.69, 9.17) is 17.3 Å². The first-order valence-corrected chi connectivity index (χ1v) is 6.42. The van der Waals surface area contributed by atoms with Gasteiger partial charge in [0.15, 0.2) is 0 Å². The molecule has 2 N–H and O–H groups in total. The van der Waals surface area contributed by atoms with Crippen molar-refractivity contribution in [1.82, 2.24) is 9.78 Å². The lowest BCUT2D eigenvalue weighted by Crippen LogP contribution is -2.07. The Morgan fingerprint density at radius 1 is 1.42 bits per heavy atom. The van der Waals surface area contributed by atoms with Gasteiger partial charge < -0.3 is 5.73 Å². The van der Waals surface area contributed by atoms with E-state index in [0.717, 1.165) is 11.3 Å². The Morgan fingerprint density at radius 3 is 2.63 bits per heavy atom. The predicted molar refractivity (Wildman–Crippen MR) is 76.0 cm³/mol. The normalized spacial score (nSPS) is 10.7. The molecule has 0 saturated carbocycles. The van der Waals surface area contributed by atoms with E-state index in [1.807, 2.05) is 38.1 Å². The van der Waals surface area contributed by atoms with E-state index in [2.05, 4.69) is 11.2 Å². The summed E-state index contributed by atoms with van der Waals surface area (Å²) in [5.74, 6) is 0.551. The van der Waals surface area contributed by atoms with E-state index in [1.54, 1.807) is 4.68 Å². The monoisotopic (exact) mass is 274 g/mol. The molecule has 0 aliphatic heterocycles. The van der Waals surface area contributed by atoms with Gasteiger partial charge in [-0.2, -0.15) is 10.4 Å². The average Bonchev–Trinajstić information content (AvgIpc) is 2.69. The molecule has 1 aromatic carbocycles. The molecule has 98 valence electrons. The van der Waals surface area contributed by atoms with Gasteiger partial charge in [-0.25, -0.2) is 4.68 Å². The molecule has 19 heavy (non-hydrogen) atoms. The Balaban J connectivity index is 2.42. The number of nitrogen functional groups attached to an aromatic ring is 1. The summed E-state index contributed by atoms with van der Waals surface area (Å²) in [5, 5.41) is 14.3. The van der Waals surface area contributed by atoms with Gasteiger partial charge in [0.25, 0.3) is 0 Å². The second kappa shape index (κ2) is 5.33. The van der Waals surface area contributed by atoms with Gasteiger partial charge in [0, 0.05) is 5.02 Å². The number of anilines is 1. The van der Waals surface area contributed by atoms with Gasteiger partial charge >= 0.3 is 0 Å². The van der Waals surface area contributed by atoms with Crippen LogP contribution in [0.25, 0.3) is 0 Å². The second-order valence-electron chi connectivity index (χ2n) is 4.66. The van der Waals surface area contributed by atoms with Gasteiger partial charge in [0.2, 0.25) is 0 Å². The lowest BCUT2D eigenvalue weighted by molar-refractivity contribution is 0.664. The highest BCUT2D eigenvalue weighted by Gasteiger charge is 2.18. The van der Waals surface area contributed by atoms with Crippen LogP contribution in [0.4, 0.5) is 5.82 Å². The Morgan fingerprint density at radius 2 is 2.11 bits per heavy atom. The van der Waals surface area contributed by atoms with Crippen LogP contribution in [0, 0.1) is 11.3 Å². The minimum Gasteiger partial charge on any atom is -0.383 e. The van der Waals surface area contributed by atoms with Gasteiger partial charge in [-0.05, 0) is 17.5 Å². The third-order valence-electron chi connectivity index (χ3n) is 2.96. The van der Waals surface area contributed by atoms with E-state index < -0.39 is 0 Å². The van der Waals surface area contributed by atoms with Crippen molar-refractivity contribution >= 4 is 17.4 Å². The summed E-state index contributed by atoms with van der Waals surface area (Å²) in [7, 11) is 0. The summed E-state index contributed by atoms with van der Waals surface area (Å²) >= 11 is 6.12. The Hall–Kier alpha value is -1.99. The highest BCUT2D eigenvalue weighted by Crippen LogP contribution is 2.25. The quantitative estimate of drug-likeness (QED) is 0.935. The predicted octanol–water partition coefficient (Wildman–Crippen LogP) is 3.16. The number of hydrogen-bond donors (Lipinski definition) is 1. The maximum absolute atomic E-state index is 9.17. The van der Waals surface area contributed by atoms with Gasteiger partial charge in [-0.15, -0.1) is 0 Å². The molecule has 0 amide bonds. The zero-order valence-corrected chi connectivity index (χ0v) is 11.6. The van der Waals surface area contributed by atoms with Gasteiger partial charge in [-0.3, -0.25) is 0 Å². The molecule has 0 radical (unpaired) electrons. The molecule has 0 unspecified atom stereocenters. The summed E-state index contributed by atoms with van der Waals surface area (Å²) in [6, 6.07) is 9.66. The number of halogens is 1. The first-order chi connectivity index (χ1) is 9.04. The number of benzene rings is 1.